The molecule has 0 aliphatic carbocycles. The molecule has 0 radical (unpaired) electrons. The number of rotatable bonds is 7. The van der Waals surface area contributed by atoms with Gasteiger partial charge in [0.25, 0.3) is 5.91 Å². The highest BCUT2D eigenvalue weighted by Gasteiger charge is 2.27. The van der Waals surface area contributed by atoms with Crippen LogP contribution in [0, 0.1) is 6.92 Å². The Bertz CT molecular complexity index is 1130. The van der Waals surface area contributed by atoms with Crippen molar-refractivity contribution in [1.29, 1.82) is 0 Å². The van der Waals surface area contributed by atoms with E-state index in [0.29, 0.717) is 16.3 Å². The number of halogens is 2. The monoisotopic (exact) mass is 496 g/mol. The van der Waals surface area contributed by atoms with Crippen LogP contribution < -0.4 is 10.6 Å². The topological polar surface area (TPSA) is 84.5 Å². The summed E-state index contributed by atoms with van der Waals surface area (Å²) >= 11 is 14.6. The molecule has 162 valence electrons. The van der Waals surface area contributed by atoms with E-state index in [0.717, 1.165) is 16.2 Å². The van der Waals surface area contributed by atoms with Crippen molar-refractivity contribution in [2.24, 2.45) is 0 Å². The summed E-state index contributed by atoms with van der Waals surface area (Å²) in [6, 6.07) is 8.59. The van der Waals surface area contributed by atoms with Crippen LogP contribution in [0.15, 0.2) is 35.7 Å². The van der Waals surface area contributed by atoms with Crippen molar-refractivity contribution in [2.75, 3.05) is 17.2 Å². The molecule has 0 unspecified atom stereocenters. The Balaban J connectivity index is 1.90. The third-order valence-electron chi connectivity index (χ3n) is 4.20. The first-order chi connectivity index (χ1) is 14.8. The van der Waals surface area contributed by atoms with E-state index >= 15 is 0 Å². The minimum absolute atomic E-state index is 0.161. The normalized spacial score (nSPS) is 10.6. The number of amides is 2. The maximum Gasteiger partial charge on any atom is 0.341 e. The summed E-state index contributed by atoms with van der Waals surface area (Å²) in [6.07, 6.45) is 0.163. The van der Waals surface area contributed by atoms with Crippen LogP contribution in [0.3, 0.4) is 0 Å². The summed E-state index contributed by atoms with van der Waals surface area (Å²) in [5.41, 5.74) is 0.909. The molecule has 3 rings (SSSR count). The predicted molar refractivity (Wildman–Crippen MR) is 126 cm³/mol. The van der Waals surface area contributed by atoms with Gasteiger partial charge in [-0.05, 0) is 43.0 Å². The molecule has 2 heterocycles. The summed E-state index contributed by atoms with van der Waals surface area (Å²) in [4.78, 5) is 39.1. The van der Waals surface area contributed by atoms with Crippen LogP contribution in [0.2, 0.25) is 10.0 Å². The molecule has 0 aliphatic heterocycles. The van der Waals surface area contributed by atoms with Crippen LogP contribution in [0.25, 0.3) is 0 Å². The Labute approximate surface area is 197 Å². The zero-order valence-corrected chi connectivity index (χ0v) is 19.7. The molecule has 0 saturated carbocycles. The first-order valence-corrected chi connectivity index (χ1v) is 11.6. The quantitative estimate of drug-likeness (QED) is 0.390. The number of thiophene rings is 2. The second kappa shape index (κ2) is 10.3. The van der Waals surface area contributed by atoms with Gasteiger partial charge in [0.1, 0.15) is 5.00 Å². The van der Waals surface area contributed by atoms with Gasteiger partial charge in [0.05, 0.1) is 39.2 Å². The third-order valence-corrected chi connectivity index (χ3v) is 7.10. The van der Waals surface area contributed by atoms with Gasteiger partial charge in [-0.1, -0.05) is 35.3 Å². The Kier molecular flexibility index (Phi) is 7.72. The molecule has 2 N–H and O–H groups in total. The van der Waals surface area contributed by atoms with Gasteiger partial charge >= 0.3 is 5.97 Å². The predicted octanol–water partition coefficient (Wildman–Crippen LogP) is 6.04. The highest BCUT2D eigenvalue weighted by molar-refractivity contribution is 7.19. The molecule has 0 saturated heterocycles. The molecule has 10 heteroatoms. The van der Waals surface area contributed by atoms with Crippen molar-refractivity contribution in [2.45, 2.75) is 20.3 Å². The molecule has 3 aromatic rings. The Morgan fingerprint density at radius 3 is 2.55 bits per heavy atom. The number of hydrogen-bond acceptors (Lipinski definition) is 6. The zero-order chi connectivity index (χ0) is 22.5. The van der Waals surface area contributed by atoms with Crippen LogP contribution in [0.4, 0.5) is 10.7 Å². The van der Waals surface area contributed by atoms with Crippen LogP contribution in [0.1, 0.15) is 37.4 Å². The van der Waals surface area contributed by atoms with Crippen molar-refractivity contribution in [1.82, 2.24) is 0 Å². The maximum absolute atomic E-state index is 12.9. The SMILES string of the molecule is CCOC(=O)c1c(NC(=O)Cc2cccs2)sc(C(=O)Nc2cccc(Cl)c2Cl)c1C. The van der Waals surface area contributed by atoms with Gasteiger partial charge < -0.3 is 15.4 Å². The molecule has 2 aromatic heterocycles. The van der Waals surface area contributed by atoms with E-state index in [1.54, 1.807) is 32.0 Å². The lowest BCUT2D eigenvalue weighted by atomic mass is 10.1. The molecule has 31 heavy (non-hydrogen) atoms. The van der Waals surface area contributed by atoms with E-state index in [2.05, 4.69) is 10.6 Å². The number of hydrogen-bond donors (Lipinski definition) is 2. The second-order valence-electron chi connectivity index (χ2n) is 6.34. The standard InChI is InChI=1S/C21H18Cl2N2O4S2/c1-3-29-21(28)16-11(2)18(19(27)24-14-8-4-7-13(22)17(14)23)31-20(16)25-15(26)10-12-6-5-9-30-12/h4-9H,3,10H2,1-2H3,(H,24,27)(H,25,26). The van der Waals surface area contributed by atoms with Crippen LogP contribution in [-0.2, 0) is 16.0 Å². The number of nitrogens with one attached hydrogen (secondary N) is 2. The third kappa shape index (κ3) is 5.46. The lowest BCUT2D eigenvalue weighted by Crippen LogP contribution is -2.16. The van der Waals surface area contributed by atoms with E-state index in [4.69, 9.17) is 27.9 Å². The van der Waals surface area contributed by atoms with E-state index < -0.39 is 11.9 Å². The summed E-state index contributed by atoms with van der Waals surface area (Å²) in [6.45, 7) is 3.48. The highest BCUT2D eigenvalue weighted by Crippen LogP contribution is 2.36. The molecule has 0 atom stereocenters. The molecule has 0 aliphatic rings. The van der Waals surface area contributed by atoms with Crippen molar-refractivity contribution < 1.29 is 19.1 Å². The van der Waals surface area contributed by atoms with Crippen molar-refractivity contribution >= 4 is 74.3 Å². The molecular weight excluding hydrogens is 479 g/mol. The average Bonchev–Trinajstić information content (AvgIpc) is 3.33. The van der Waals surface area contributed by atoms with Crippen LogP contribution in [0.5, 0.6) is 0 Å². The van der Waals surface area contributed by atoms with Crippen LogP contribution in [-0.4, -0.2) is 24.4 Å². The smallest absolute Gasteiger partial charge is 0.341 e. The fourth-order valence-corrected chi connectivity index (χ4v) is 4.95. The van der Waals surface area contributed by atoms with Gasteiger partial charge in [0.15, 0.2) is 0 Å². The summed E-state index contributed by atoms with van der Waals surface area (Å²) in [7, 11) is 0. The average molecular weight is 497 g/mol. The minimum atomic E-state index is -0.609. The molecule has 0 bridgehead atoms. The summed E-state index contributed by atoms with van der Waals surface area (Å²) in [5, 5.41) is 8.10. The lowest BCUT2D eigenvalue weighted by Gasteiger charge is -2.08. The maximum atomic E-state index is 12.9. The van der Waals surface area contributed by atoms with Crippen molar-refractivity contribution in [3.05, 3.63) is 66.6 Å². The molecule has 1 aromatic carbocycles. The number of ether oxygens (including phenoxy) is 1. The van der Waals surface area contributed by atoms with Gasteiger partial charge in [-0.2, -0.15) is 0 Å². The first kappa shape index (κ1) is 23.3. The minimum Gasteiger partial charge on any atom is -0.462 e. The van der Waals surface area contributed by atoms with Gasteiger partial charge in [0, 0.05) is 4.88 Å². The second-order valence-corrected chi connectivity index (χ2v) is 9.18. The number of esters is 1. The number of carbonyl (C=O) groups is 3. The summed E-state index contributed by atoms with van der Waals surface area (Å²) in [5.74, 6) is -1.38. The number of carbonyl (C=O) groups excluding carboxylic acids is 3. The van der Waals surface area contributed by atoms with Crippen molar-refractivity contribution in [3.63, 3.8) is 0 Å². The number of anilines is 2. The molecular formula is C21H18Cl2N2O4S2. The Hall–Kier alpha value is -2.39. The fourth-order valence-electron chi connectivity index (χ4n) is 2.79. The molecule has 0 spiro atoms. The van der Waals surface area contributed by atoms with Crippen LogP contribution >= 0.6 is 45.9 Å². The van der Waals surface area contributed by atoms with Gasteiger partial charge in [-0.25, -0.2) is 4.79 Å². The Morgan fingerprint density at radius 2 is 1.87 bits per heavy atom. The van der Waals surface area contributed by atoms with Gasteiger partial charge in [-0.15, -0.1) is 22.7 Å². The molecule has 6 nitrogen and oxygen atoms in total. The number of benzene rings is 1. The van der Waals surface area contributed by atoms with E-state index in [1.807, 2.05) is 17.5 Å². The summed E-state index contributed by atoms with van der Waals surface area (Å²) < 4.78 is 5.13. The Morgan fingerprint density at radius 1 is 1.10 bits per heavy atom. The molecule has 2 amide bonds. The lowest BCUT2D eigenvalue weighted by molar-refractivity contribution is -0.115. The van der Waals surface area contributed by atoms with Gasteiger partial charge in [0.2, 0.25) is 5.91 Å². The van der Waals surface area contributed by atoms with Crippen molar-refractivity contribution in [3.8, 4) is 0 Å². The highest BCUT2D eigenvalue weighted by atomic mass is 35.5. The van der Waals surface area contributed by atoms with Gasteiger partial charge in [-0.3, -0.25) is 9.59 Å². The molecule has 0 fully saturated rings. The fraction of sp³-hybridized carbons (Fsp3) is 0.190. The largest absolute Gasteiger partial charge is 0.462 e. The zero-order valence-electron chi connectivity index (χ0n) is 16.6. The van der Waals surface area contributed by atoms with E-state index in [-0.39, 0.29) is 39.4 Å². The van der Waals surface area contributed by atoms with E-state index in [1.165, 1.54) is 11.3 Å². The first-order valence-electron chi connectivity index (χ1n) is 9.19. The van der Waals surface area contributed by atoms with E-state index in [9.17, 15) is 14.4 Å².